The predicted octanol–water partition coefficient (Wildman–Crippen LogP) is 3.76. The lowest BCUT2D eigenvalue weighted by Gasteiger charge is -2.35. The summed E-state index contributed by atoms with van der Waals surface area (Å²) in [6, 6.07) is 17.7. The fraction of sp³-hybridized carbons (Fsp3) is 0.308. The van der Waals surface area contributed by atoms with Gasteiger partial charge in [-0.05, 0) is 41.0 Å². The van der Waals surface area contributed by atoms with Crippen LogP contribution in [0, 0.1) is 5.92 Å². The van der Waals surface area contributed by atoms with Crippen molar-refractivity contribution in [1.82, 2.24) is 15.1 Å². The van der Waals surface area contributed by atoms with Crippen molar-refractivity contribution in [3.63, 3.8) is 0 Å². The van der Waals surface area contributed by atoms with E-state index in [0.29, 0.717) is 18.7 Å². The summed E-state index contributed by atoms with van der Waals surface area (Å²) in [5.74, 6) is -0.877. The van der Waals surface area contributed by atoms with Crippen LogP contribution in [0.2, 0.25) is 0 Å². The minimum atomic E-state index is -1.15. The molecule has 0 saturated heterocycles. The number of carboxylic acids is 1. The third kappa shape index (κ3) is 4.62. The number of nitrogens with one attached hydrogen (secondary N) is 2. The summed E-state index contributed by atoms with van der Waals surface area (Å²) < 4.78 is 6.91. The monoisotopic (exact) mass is 474 g/mol. The van der Waals surface area contributed by atoms with Crippen LogP contribution < -0.4 is 10.6 Å². The number of fused-ring (bicyclic) bond motifs is 3. The molecule has 180 valence electrons. The maximum atomic E-state index is 12.4. The molecular formula is C26H26N4O5. The number of carbonyl (C=O) groups excluding carboxylic acids is 2. The highest BCUT2D eigenvalue weighted by Gasteiger charge is 2.33. The molecule has 2 amide bonds. The molecule has 3 aromatic rings. The Hall–Kier alpha value is -4.14. The van der Waals surface area contributed by atoms with Crippen LogP contribution in [0.3, 0.4) is 0 Å². The molecule has 0 spiro atoms. The highest BCUT2D eigenvalue weighted by Crippen LogP contribution is 2.44. The quantitative estimate of drug-likeness (QED) is 0.479. The van der Waals surface area contributed by atoms with E-state index in [4.69, 9.17) is 9.84 Å². The van der Waals surface area contributed by atoms with Crippen LogP contribution >= 0.6 is 0 Å². The molecule has 0 atom stereocenters. The fourth-order valence-electron chi connectivity index (χ4n) is 4.97. The van der Waals surface area contributed by atoms with Gasteiger partial charge in [-0.3, -0.25) is 9.48 Å². The number of benzene rings is 2. The molecule has 0 bridgehead atoms. The molecule has 1 saturated carbocycles. The van der Waals surface area contributed by atoms with Crippen molar-refractivity contribution in [3.05, 3.63) is 71.4 Å². The first-order chi connectivity index (χ1) is 16.9. The van der Waals surface area contributed by atoms with Gasteiger partial charge in [0.25, 0.3) is 0 Å². The number of carbonyl (C=O) groups is 3. The van der Waals surface area contributed by atoms with Gasteiger partial charge in [0.05, 0.1) is 0 Å². The van der Waals surface area contributed by atoms with Gasteiger partial charge in [0.15, 0.2) is 5.69 Å². The van der Waals surface area contributed by atoms with Crippen LogP contribution in [-0.4, -0.2) is 45.5 Å². The number of ether oxygens (including phenoxy) is 1. The average Bonchev–Trinajstić information content (AvgIpc) is 3.34. The molecular weight excluding hydrogens is 448 g/mol. The molecule has 9 heteroatoms. The molecule has 2 aliphatic rings. The lowest BCUT2D eigenvalue weighted by atomic mass is 9.78. The van der Waals surface area contributed by atoms with Crippen molar-refractivity contribution in [2.45, 2.75) is 31.2 Å². The van der Waals surface area contributed by atoms with Crippen LogP contribution in [0.1, 0.15) is 46.8 Å². The van der Waals surface area contributed by atoms with E-state index < -0.39 is 12.1 Å². The summed E-state index contributed by atoms with van der Waals surface area (Å²) in [6.45, 7) is 0.265. The summed E-state index contributed by atoms with van der Waals surface area (Å²) in [6.07, 6.45) is 1.21. The highest BCUT2D eigenvalue weighted by atomic mass is 16.5. The Kier molecular flexibility index (Phi) is 5.98. The Morgan fingerprint density at radius 1 is 1.06 bits per heavy atom. The van der Waals surface area contributed by atoms with Crippen molar-refractivity contribution >= 4 is 23.8 Å². The fourth-order valence-corrected chi connectivity index (χ4v) is 4.97. The molecule has 5 rings (SSSR count). The minimum absolute atomic E-state index is 0.0135. The number of alkyl carbamates (subject to hydrolysis) is 1. The van der Waals surface area contributed by atoms with E-state index in [9.17, 15) is 14.4 Å². The molecule has 1 fully saturated rings. The van der Waals surface area contributed by atoms with Gasteiger partial charge in [0.1, 0.15) is 12.4 Å². The number of anilines is 1. The average molecular weight is 475 g/mol. The summed E-state index contributed by atoms with van der Waals surface area (Å²) >= 11 is 0. The second kappa shape index (κ2) is 9.25. The Morgan fingerprint density at radius 2 is 1.69 bits per heavy atom. The van der Waals surface area contributed by atoms with Crippen LogP contribution in [0.5, 0.6) is 0 Å². The topological polar surface area (TPSA) is 123 Å². The van der Waals surface area contributed by atoms with Gasteiger partial charge in [-0.25, -0.2) is 9.59 Å². The zero-order chi connectivity index (χ0) is 24.5. The van der Waals surface area contributed by atoms with Crippen LogP contribution in [0.25, 0.3) is 11.1 Å². The summed E-state index contributed by atoms with van der Waals surface area (Å²) in [7, 11) is 1.57. The molecule has 3 N–H and O–H groups in total. The predicted molar refractivity (Wildman–Crippen MR) is 128 cm³/mol. The van der Waals surface area contributed by atoms with Gasteiger partial charge in [0.2, 0.25) is 5.91 Å². The van der Waals surface area contributed by atoms with Crippen molar-refractivity contribution in [2.75, 3.05) is 11.9 Å². The summed E-state index contributed by atoms with van der Waals surface area (Å²) in [5, 5.41) is 18.4. The number of hydrogen-bond acceptors (Lipinski definition) is 5. The Labute approximate surface area is 202 Å². The number of carboxylic acid groups (broad SMARTS) is 1. The van der Waals surface area contributed by atoms with Crippen LogP contribution in [0.15, 0.2) is 54.6 Å². The van der Waals surface area contributed by atoms with Crippen LogP contribution in [-0.2, 0) is 16.6 Å². The molecule has 9 nitrogen and oxygen atoms in total. The number of aromatic nitrogens is 2. The Morgan fingerprint density at radius 3 is 2.29 bits per heavy atom. The third-order valence-corrected chi connectivity index (χ3v) is 6.74. The smallest absolute Gasteiger partial charge is 0.407 e. The molecule has 2 aliphatic carbocycles. The highest BCUT2D eigenvalue weighted by molar-refractivity contribution is 5.92. The van der Waals surface area contributed by atoms with Crippen molar-refractivity contribution in [2.24, 2.45) is 13.0 Å². The lowest BCUT2D eigenvalue weighted by molar-refractivity contribution is -0.117. The van der Waals surface area contributed by atoms with Crippen molar-refractivity contribution in [3.8, 4) is 11.1 Å². The molecule has 1 aromatic heterocycles. The van der Waals surface area contributed by atoms with Gasteiger partial charge < -0.3 is 20.5 Å². The van der Waals surface area contributed by atoms with Gasteiger partial charge in [-0.1, -0.05) is 48.5 Å². The van der Waals surface area contributed by atoms with E-state index in [-0.39, 0.29) is 42.5 Å². The number of nitrogens with zero attached hydrogens (tertiary/aromatic N) is 2. The zero-order valence-corrected chi connectivity index (χ0v) is 19.2. The third-order valence-electron chi connectivity index (χ3n) is 6.74. The lowest BCUT2D eigenvalue weighted by Crippen LogP contribution is -2.45. The zero-order valence-electron chi connectivity index (χ0n) is 19.2. The first kappa shape index (κ1) is 22.6. The number of amides is 2. The first-order valence-corrected chi connectivity index (χ1v) is 11.6. The number of hydrogen-bond donors (Lipinski definition) is 3. The van der Waals surface area contributed by atoms with E-state index in [1.807, 2.05) is 24.3 Å². The Bertz CT molecular complexity index is 1250. The normalized spacial score (nSPS) is 18.2. The molecule has 0 radical (unpaired) electrons. The molecule has 35 heavy (non-hydrogen) atoms. The molecule has 2 aromatic carbocycles. The number of rotatable bonds is 7. The second-order valence-electron chi connectivity index (χ2n) is 9.10. The second-order valence-corrected chi connectivity index (χ2v) is 9.10. The van der Waals surface area contributed by atoms with Gasteiger partial charge in [0, 0.05) is 31.5 Å². The summed E-state index contributed by atoms with van der Waals surface area (Å²) in [4.78, 5) is 35.7. The van der Waals surface area contributed by atoms with E-state index in [1.54, 1.807) is 7.05 Å². The van der Waals surface area contributed by atoms with E-state index in [0.717, 1.165) is 0 Å². The maximum Gasteiger partial charge on any atom is 0.407 e. The van der Waals surface area contributed by atoms with Gasteiger partial charge in [-0.15, -0.1) is 0 Å². The van der Waals surface area contributed by atoms with E-state index >= 15 is 0 Å². The first-order valence-electron chi connectivity index (χ1n) is 11.6. The van der Waals surface area contributed by atoms with Crippen LogP contribution in [0.4, 0.5) is 10.6 Å². The molecule has 0 aliphatic heterocycles. The summed E-state index contributed by atoms with van der Waals surface area (Å²) in [5.41, 5.74) is 4.57. The minimum Gasteiger partial charge on any atom is -0.476 e. The van der Waals surface area contributed by atoms with Crippen molar-refractivity contribution < 1.29 is 24.2 Å². The van der Waals surface area contributed by atoms with Crippen molar-refractivity contribution in [1.29, 1.82) is 0 Å². The maximum absolute atomic E-state index is 12.4. The number of aryl methyl sites for hydroxylation is 1. The molecule has 0 unspecified atom stereocenters. The van der Waals surface area contributed by atoms with E-state index in [1.165, 1.54) is 33.0 Å². The Balaban J connectivity index is 1.07. The standard InChI is InChI=1S/C26H26N4O5/c1-30-23(13-22(29-30)25(32)33)28-24(31)12-15-10-16(11-15)27-26(34)35-14-21-19-8-4-2-6-17(19)18-7-3-5-9-20(18)21/h2-9,13,15-16,21H,10-12,14H2,1H3,(H,27,34)(H,28,31)(H,32,33). The molecule has 1 heterocycles. The number of aromatic carboxylic acids is 1. The van der Waals surface area contributed by atoms with Gasteiger partial charge in [-0.2, -0.15) is 5.10 Å². The van der Waals surface area contributed by atoms with Gasteiger partial charge >= 0.3 is 12.1 Å². The van der Waals surface area contributed by atoms with E-state index in [2.05, 4.69) is 40.0 Å². The SMILES string of the molecule is Cn1nc(C(=O)O)cc1NC(=O)CC1CC(NC(=O)OCC2c3ccccc3-c3ccccc32)C1. The largest absolute Gasteiger partial charge is 0.476 e.